The second-order valence-electron chi connectivity index (χ2n) is 11.0. The molecule has 258 valence electrons. The zero-order chi connectivity index (χ0) is 37.2. The number of carbonyl (C=O) groups excluding carboxylic acids is 4. The highest BCUT2D eigenvalue weighted by atomic mass is 19.2. The highest BCUT2D eigenvalue weighted by Gasteiger charge is 2.39. The fourth-order valence-corrected chi connectivity index (χ4v) is 5.49. The molecule has 52 heavy (non-hydrogen) atoms. The van der Waals surface area contributed by atoms with Crippen molar-refractivity contribution in [2.45, 2.75) is 0 Å². The quantitative estimate of drug-likeness (QED) is 0.0523. The van der Waals surface area contributed by atoms with E-state index < -0.39 is 79.6 Å². The number of non-ortho nitro benzene ring substituents is 2. The van der Waals surface area contributed by atoms with Crippen molar-refractivity contribution in [3.63, 3.8) is 0 Å². The molecule has 0 N–H and O–H groups in total. The molecule has 18 heteroatoms. The van der Waals surface area contributed by atoms with Gasteiger partial charge in [0.2, 0.25) is 34.8 Å². The number of nitro benzene ring substituents is 2. The summed E-state index contributed by atoms with van der Waals surface area (Å²) in [7, 11) is 0. The van der Waals surface area contributed by atoms with Crippen molar-refractivity contribution in [1.82, 2.24) is 0 Å². The first kappa shape index (κ1) is 33.0. The van der Waals surface area contributed by atoms with E-state index in [4.69, 9.17) is 9.47 Å². The first-order valence-electron chi connectivity index (χ1n) is 14.5. The number of nitro groups is 2. The van der Waals surface area contributed by atoms with Crippen LogP contribution in [0, 0.1) is 43.5 Å². The molecule has 2 aliphatic heterocycles. The van der Waals surface area contributed by atoms with Gasteiger partial charge in [0.15, 0.2) is 0 Å². The number of halogens is 4. The minimum atomic E-state index is -1.99. The zero-order valence-corrected chi connectivity index (χ0v) is 25.5. The Hall–Kier alpha value is -7.50. The van der Waals surface area contributed by atoms with Gasteiger partial charge in [0.25, 0.3) is 35.0 Å². The lowest BCUT2D eigenvalue weighted by Crippen LogP contribution is -2.29. The first-order valence-corrected chi connectivity index (χ1v) is 14.5. The number of ether oxygens (including phenoxy) is 2. The molecular weight excluding hydrogens is 700 g/mol. The Bertz CT molecular complexity index is 2260. The van der Waals surface area contributed by atoms with E-state index >= 15 is 17.6 Å². The third kappa shape index (κ3) is 5.21. The van der Waals surface area contributed by atoms with E-state index in [-0.39, 0.29) is 45.1 Å². The number of hydrogen-bond acceptors (Lipinski definition) is 10. The number of carbonyl (C=O) groups is 4. The van der Waals surface area contributed by atoms with Crippen molar-refractivity contribution >= 4 is 46.4 Å². The molecule has 14 nitrogen and oxygen atoms in total. The Labute approximate surface area is 285 Å². The Balaban J connectivity index is 1.08. The molecule has 0 fully saturated rings. The summed E-state index contributed by atoms with van der Waals surface area (Å²) in [4.78, 5) is 73.5. The summed E-state index contributed by atoms with van der Waals surface area (Å²) in [5, 5.41) is 22.2. The smallest absolute Gasteiger partial charge is 0.270 e. The number of nitrogens with zero attached hydrogens (tertiary/aromatic N) is 4. The fourth-order valence-electron chi connectivity index (χ4n) is 5.49. The predicted molar refractivity (Wildman–Crippen MR) is 168 cm³/mol. The molecule has 0 radical (unpaired) electrons. The molecule has 0 atom stereocenters. The van der Waals surface area contributed by atoms with Gasteiger partial charge >= 0.3 is 0 Å². The van der Waals surface area contributed by atoms with Crippen LogP contribution in [0.25, 0.3) is 0 Å². The van der Waals surface area contributed by atoms with E-state index in [1.54, 1.807) is 0 Å². The van der Waals surface area contributed by atoms with Crippen LogP contribution in [-0.2, 0) is 0 Å². The number of rotatable bonds is 8. The SMILES string of the molecule is O=C1c2ccc([N+](=O)[O-])cc2C(=O)N1c1ccc(Oc2c(F)c(F)c(Oc3ccc(N4C(=O)c5ccc([N+](=O)[O-])cc5C4=O)cc3)c(F)c2F)cc1. The minimum Gasteiger partial charge on any atom is -0.451 e. The number of fused-ring (bicyclic) bond motifs is 2. The summed E-state index contributed by atoms with van der Waals surface area (Å²) < 4.78 is 70.4. The summed E-state index contributed by atoms with van der Waals surface area (Å²) >= 11 is 0. The lowest BCUT2D eigenvalue weighted by atomic mass is 10.1. The predicted octanol–water partition coefficient (Wildman–Crippen LogP) is 7.25. The van der Waals surface area contributed by atoms with E-state index in [0.29, 0.717) is 9.80 Å². The van der Waals surface area contributed by atoms with Crippen LogP contribution in [0.15, 0.2) is 84.9 Å². The van der Waals surface area contributed by atoms with Gasteiger partial charge in [-0.1, -0.05) is 0 Å². The molecule has 0 spiro atoms. The van der Waals surface area contributed by atoms with Crippen LogP contribution in [0.3, 0.4) is 0 Å². The van der Waals surface area contributed by atoms with Gasteiger partial charge in [-0.15, -0.1) is 0 Å². The molecule has 0 unspecified atom stereocenters. The monoisotopic (exact) mass is 714 g/mol. The lowest BCUT2D eigenvalue weighted by Gasteiger charge is -2.16. The Kier molecular flexibility index (Phi) is 7.70. The van der Waals surface area contributed by atoms with Crippen LogP contribution in [0.1, 0.15) is 41.4 Å². The van der Waals surface area contributed by atoms with Crippen molar-refractivity contribution in [1.29, 1.82) is 0 Å². The maximum atomic E-state index is 15.1. The summed E-state index contributed by atoms with van der Waals surface area (Å²) in [5.41, 5.74) is -1.56. The summed E-state index contributed by atoms with van der Waals surface area (Å²) in [6.07, 6.45) is 0. The van der Waals surface area contributed by atoms with Gasteiger partial charge in [-0.05, 0) is 60.7 Å². The molecule has 2 heterocycles. The van der Waals surface area contributed by atoms with Crippen molar-refractivity contribution in [3.05, 3.63) is 151 Å². The zero-order valence-electron chi connectivity index (χ0n) is 25.5. The molecule has 5 aromatic carbocycles. The summed E-state index contributed by atoms with van der Waals surface area (Å²) in [6.45, 7) is 0. The van der Waals surface area contributed by atoms with E-state index in [2.05, 4.69) is 0 Å². The van der Waals surface area contributed by atoms with Crippen LogP contribution < -0.4 is 19.3 Å². The van der Waals surface area contributed by atoms with Crippen LogP contribution in [0.2, 0.25) is 0 Å². The Morgan fingerprint density at radius 1 is 0.462 bits per heavy atom. The van der Waals surface area contributed by atoms with E-state index in [1.165, 1.54) is 0 Å². The lowest BCUT2D eigenvalue weighted by molar-refractivity contribution is -0.385. The summed E-state index contributed by atoms with van der Waals surface area (Å²) in [6, 6.07) is 14.9. The molecule has 4 amide bonds. The van der Waals surface area contributed by atoms with Crippen LogP contribution >= 0.6 is 0 Å². The second kappa shape index (κ2) is 12.1. The minimum absolute atomic E-state index is 0.0544. The number of imide groups is 2. The third-order valence-electron chi connectivity index (χ3n) is 7.97. The number of hydrogen-bond donors (Lipinski definition) is 0. The molecule has 7 rings (SSSR count). The average Bonchev–Trinajstić information content (AvgIpc) is 3.54. The Morgan fingerprint density at radius 2 is 0.769 bits per heavy atom. The van der Waals surface area contributed by atoms with Gasteiger partial charge in [-0.25, -0.2) is 9.80 Å². The topological polar surface area (TPSA) is 180 Å². The van der Waals surface area contributed by atoms with Gasteiger partial charge < -0.3 is 9.47 Å². The number of benzene rings is 5. The largest absolute Gasteiger partial charge is 0.451 e. The highest BCUT2D eigenvalue weighted by Crippen LogP contribution is 2.40. The van der Waals surface area contributed by atoms with Crippen molar-refractivity contribution in [3.8, 4) is 23.0 Å². The Morgan fingerprint density at radius 3 is 1.08 bits per heavy atom. The average molecular weight is 714 g/mol. The highest BCUT2D eigenvalue weighted by molar-refractivity contribution is 6.35. The van der Waals surface area contributed by atoms with Gasteiger partial charge in [0.1, 0.15) is 11.5 Å². The normalized spacial score (nSPS) is 13.4. The van der Waals surface area contributed by atoms with Gasteiger partial charge in [-0.2, -0.15) is 17.6 Å². The van der Waals surface area contributed by atoms with E-state index in [0.717, 1.165) is 84.9 Å². The van der Waals surface area contributed by atoms with Crippen LogP contribution in [-0.4, -0.2) is 33.5 Å². The van der Waals surface area contributed by atoms with E-state index in [9.17, 15) is 39.4 Å². The van der Waals surface area contributed by atoms with Crippen LogP contribution in [0.5, 0.6) is 23.0 Å². The van der Waals surface area contributed by atoms with Crippen molar-refractivity contribution in [2.24, 2.45) is 0 Å². The van der Waals surface area contributed by atoms with Crippen molar-refractivity contribution in [2.75, 3.05) is 9.80 Å². The standard InChI is InChI=1S/C34H14F4N4O10/c35-25-27(37)30(52-20-9-3-16(4-10-20)40-32(44)22-12-6-18(42(49)50)14-24(22)34(40)46)28(38)26(36)29(25)51-19-7-1-15(2-8-19)39-31(43)21-11-5-17(41(47)48)13-23(21)33(39)45/h1-14H. The molecular formula is C34H14F4N4O10. The fraction of sp³-hybridized carbons (Fsp3) is 0. The molecule has 5 aromatic rings. The van der Waals surface area contributed by atoms with Gasteiger partial charge in [0.05, 0.1) is 43.5 Å². The maximum Gasteiger partial charge on any atom is 0.270 e. The molecule has 2 aliphatic rings. The second-order valence-corrected chi connectivity index (χ2v) is 11.0. The van der Waals surface area contributed by atoms with E-state index in [1.807, 2.05) is 0 Å². The molecule has 0 saturated heterocycles. The van der Waals surface area contributed by atoms with Crippen molar-refractivity contribution < 1.29 is 56.1 Å². The molecule has 0 bridgehead atoms. The maximum absolute atomic E-state index is 15.1. The number of anilines is 2. The van der Waals surface area contributed by atoms with Gasteiger partial charge in [-0.3, -0.25) is 39.4 Å². The first-order chi connectivity index (χ1) is 24.8. The molecule has 0 aliphatic carbocycles. The molecule has 0 saturated carbocycles. The number of amides is 4. The third-order valence-corrected chi connectivity index (χ3v) is 7.97. The molecule has 0 aromatic heterocycles. The van der Waals surface area contributed by atoms with Crippen LogP contribution in [0.4, 0.5) is 40.3 Å². The van der Waals surface area contributed by atoms with Gasteiger partial charge in [0, 0.05) is 24.3 Å². The summed E-state index contributed by atoms with van der Waals surface area (Å²) in [5.74, 6) is -15.0.